The zero-order valence-electron chi connectivity index (χ0n) is 12.7. The Bertz CT molecular complexity index is 421. The number of aliphatic imine (C=N–C) groups is 1. The smallest absolute Gasteiger partial charge is 0.191 e. The molecule has 0 fully saturated rings. The van der Waals surface area contributed by atoms with Gasteiger partial charge in [-0.05, 0) is 30.6 Å². The molecule has 110 valence electrons. The highest BCUT2D eigenvalue weighted by molar-refractivity contribution is 5.80. The molecule has 2 N–H and O–H groups in total. The molecular formula is C16H26N4. The van der Waals surface area contributed by atoms with E-state index in [0.717, 1.165) is 51.6 Å². The van der Waals surface area contributed by atoms with E-state index in [4.69, 9.17) is 0 Å². The molecule has 0 amide bonds. The fourth-order valence-corrected chi connectivity index (χ4v) is 2.30. The lowest BCUT2D eigenvalue weighted by atomic mass is 10.1. The van der Waals surface area contributed by atoms with Crippen molar-refractivity contribution in [2.45, 2.75) is 33.4 Å². The standard InChI is InChI=1S/C16H26N4/c1-3-20(4-2)13-15-8-6-14(7-9-15)12-19-16-17-10-5-11-18-16/h6-9H,3-5,10-13H2,1-2H3,(H2,17,18,19). The van der Waals surface area contributed by atoms with E-state index >= 15 is 0 Å². The van der Waals surface area contributed by atoms with Gasteiger partial charge in [0.1, 0.15) is 0 Å². The molecule has 0 unspecified atom stereocenters. The van der Waals surface area contributed by atoms with Crippen LogP contribution in [0.3, 0.4) is 0 Å². The Morgan fingerprint density at radius 3 is 2.45 bits per heavy atom. The maximum absolute atomic E-state index is 4.41. The van der Waals surface area contributed by atoms with Crippen molar-refractivity contribution in [2.75, 3.05) is 26.2 Å². The lowest BCUT2D eigenvalue weighted by Crippen LogP contribution is -2.40. The number of hydrogen-bond acceptors (Lipinski definition) is 4. The van der Waals surface area contributed by atoms with Crippen LogP contribution in [0, 0.1) is 0 Å². The summed E-state index contributed by atoms with van der Waals surface area (Å²) in [6, 6.07) is 8.86. The van der Waals surface area contributed by atoms with Crippen LogP contribution in [-0.2, 0) is 13.1 Å². The van der Waals surface area contributed by atoms with E-state index < -0.39 is 0 Å². The Labute approximate surface area is 122 Å². The normalized spacial score (nSPS) is 14.8. The average molecular weight is 274 g/mol. The minimum Gasteiger partial charge on any atom is -0.356 e. The first-order valence-electron chi connectivity index (χ1n) is 7.64. The molecule has 0 bridgehead atoms. The Kier molecular flexibility index (Phi) is 5.87. The van der Waals surface area contributed by atoms with Crippen molar-refractivity contribution in [1.29, 1.82) is 0 Å². The van der Waals surface area contributed by atoms with Gasteiger partial charge in [0.25, 0.3) is 0 Å². The van der Waals surface area contributed by atoms with Crippen molar-refractivity contribution >= 4 is 5.96 Å². The molecule has 0 aromatic heterocycles. The average Bonchev–Trinajstić information content (AvgIpc) is 2.53. The number of hydrogen-bond donors (Lipinski definition) is 2. The van der Waals surface area contributed by atoms with E-state index in [2.05, 4.69) is 58.6 Å². The van der Waals surface area contributed by atoms with Gasteiger partial charge in [-0.1, -0.05) is 38.1 Å². The van der Waals surface area contributed by atoms with Crippen LogP contribution >= 0.6 is 0 Å². The van der Waals surface area contributed by atoms with E-state index in [-0.39, 0.29) is 0 Å². The number of guanidine groups is 1. The first-order chi connectivity index (χ1) is 9.81. The predicted octanol–water partition coefficient (Wildman–Crippen LogP) is 1.97. The quantitative estimate of drug-likeness (QED) is 0.833. The molecular weight excluding hydrogens is 248 g/mol. The Balaban J connectivity index is 1.83. The number of nitrogens with zero attached hydrogens (tertiary/aromatic N) is 2. The molecule has 0 saturated heterocycles. The summed E-state index contributed by atoms with van der Waals surface area (Å²) in [5.41, 5.74) is 2.67. The molecule has 4 heteroatoms. The fourth-order valence-electron chi connectivity index (χ4n) is 2.30. The molecule has 1 aliphatic heterocycles. The van der Waals surface area contributed by atoms with E-state index in [1.54, 1.807) is 0 Å². The van der Waals surface area contributed by atoms with Gasteiger partial charge >= 0.3 is 0 Å². The number of nitrogens with one attached hydrogen (secondary N) is 2. The van der Waals surface area contributed by atoms with E-state index in [9.17, 15) is 0 Å². The predicted molar refractivity (Wildman–Crippen MR) is 84.8 cm³/mol. The lowest BCUT2D eigenvalue weighted by molar-refractivity contribution is 0.296. The number of benzene rings is 1. The maximum Gasteiger partial charge on any atom is 0.191 e. The van der Waals surface area contributed by atoms with Crippen LogP contribution < -0.4 is 10.6 Å². The van der Waals surface area contributed by atoms with Crippen LogP contribution in [0.15, 0.2) is 29.3 Å². The van der Waals surface area contributed by atoms with Gasteiger partial charge < -0.3 is 10.6 Å². The van der Waals surface area contributed by atoms with Crippen LogP contribution in [-0.4, -0.2) is 37.0 Å². The minimum absolute atomic E-state index is 0.831. The van der Waals surface area contributed by atoms with Gasteiger partial charge in [-0.15, -0.1) is 0 Å². The third kappa shape index (κ3) is 4.53. The topological polar surface area (TPSA) is 39.7 Å². The van der Waals surface area contributed by atoms with Gasteiger partial charge in [0.15, 0.2) is 5.96 Å². The first-order valence-corrected chi connectivity index (χ1v) is 7.64. The second-order valence-corrected chi connectivity index (χ2v) is 5.14. The second-order valence-electron chi connectivity index (χ2n) is 5.14. The van der Waals surface area contributed by atoms with Gasteiger partial charge in [0.05, 0.1) is 0 Å². The molecule has 1 aromatic carbocycles. The third-order valence-corrected chi connectivity index (χ3v) is 3.68. The summed E-state index contributed by atoms with van der Waals surface area (Å²) in [5.74, 6) is 0.934. The third-order valence-electron chi connectivity index (χ3n) is 3.68. The molecule has 1 heterocycles. The highest BCUT2D eigenvalue weighted by Gasteiger charge is 2.04. The van der Waals surface area contributed by atoms with Gasteiger partial charge in [-0.2, -0.15) is 0 Å². The summed E-state index contributed by atoms with van der Waals surface area (Å²) in [5, 5.41) is 6.62. The highest BCUT2D eigenvalue weighted by atomic mass is 15.2. The summed E-state index contributed by atoms with van der Waals surface area (Å²) in [6.07, 6.45) is 1.13. The Morgan fingerprint density at radius 1 is 1.15 bits per heavy atom. The molecule has 4 nitrogen and oxygen atoms in total. The van der Waals surface area contributed by atoms with Crippen LogP contribution in [0.2, 0.25) is 0 Å². The molecule has 0 radical (unpaired) electrons. The van der Waals surface area contributed by atoms with Gasteiger partial charge in [0, 0.05) is 26.2 Å². The maximum atomic E-state index is 4.41. The zero-order valence-corrected chi connectivity index (χ0v) is 12.7. The summed E-state index contributed by atoms with van der Waals surface area (Å²) >= 11 is 0. The Morgan fingerprint density at radius 2 is 1.85 bits per heavy atom. The highest BCUT2D eigenvalue weighted by Crippen LogP contribution is 2.07. The van der Waals surface area contributed by atoms with Crippen molar-refractivity contribution in [3.8, 4) is 0 Å². The van der Waals surface area contributed by atoms with Crippen molar-refractivity contribution in [1.82, 2.24) is 15.5 Å². The molecule has 1 aromatic rings. The zero-order chi connectivity index (χ0) is 14.2. The fraction of sp³-hybridized carbons (Fsp3) is 0.562. The summed E-state index contributed by atoms with van der Waals surface area (Å²) in [6.45, 7) is 10.4. The van der Waals surface area contributed by atoms with E-state index in [1.165, 1.54) is 11.1 Å². The molecule has 0 saturated carbocycles. The molecule has 0 atom stereocenters. The van der Waals surface area contributed by atoms with E-state index in [0.29, 0.717) is 0 Å². The minimum atomic E-state index is 0.831. The van der Waals surface area contributed by atoms with Crippen molar-refractivity contribution in [3.63, 3.8) is 0 Å². The molecule has 0 spiro atoms. The SMILES string of the molecule is CCN(CC)Cc1ccc(CNC2=NCCCN2)cc1. The van der Waals surface area contributed by atoms with Gasteiger partial charge in [-0.3, -0.25) is 9.89 Å². The van der Waals surface area contributed by atoms with Crippen molar-refractivity contribution in [2.24, 2.45) is 4.99 Å². The van der Waals surface area contributed by atoms with Gasteiger partial charge in [0.2, 0.25) is 0 Å². The summed E-state index contributed by atoms with van der Waals surface area (Å²) in [7, 11) is 0. The van der Waals surface area contributed by atoms with Crippen LogP contribution in [0.4, 0.5) is 0 Å². The molecule has 0 aliphatic carbocycles. The van der Waals surface area contributed by atoms with E-state index in [1.807, 2.05) is 0 Å². The monoisotopic (exact) mass is 274 g/mol. The van der Waals surface area contributed by atoms with Crippen LogP contribution in [0.1, 0.15) is 31.4 Å². The first kappa shape index (κ1) is 14.9. The Hall–Kier alpha value is -1.55. The van der Waals surface area contributed by atoms with Crippen LogP contribution in [0.5, 0.6) is 0 Å². The van der Waals surface area contributed by atoms with Gasteiger partial charge in [-0.25, -0.2) is 0 Å². The van der Waals surface area contributed by atoms with Crippen molar-refractivity contribution in [3.05, 3.63) is 35.4 Å². The lowest BCUT2D eigenvalue weighted by Gasteiger charge is -2.18. The van der Waals surface area contributed by atoms with Crippen molar-refractivity contribution < 1.29 is 0 Å². The molecule has 1 aliphatic rings. The summed E-state index contributed by atoms with van der Waals surface area (Å²) < 4.78 is 0. The number of rotatable bonds is 6. The molecule has 20 heavy (non-hydrogen) atoms. The largest absolute Gasteiger partial charge is 0.356 e. The summed E-state index contributed by atoms with van der Waals surface area (Å²) in [4.78, 5) is 6.84. The molecule has 2 rings (SSSR count). The van der Waals surface area contributed by atoms with Crippen LogP contribution in [0.25, 0.3) is 0 Å². The second kappa shape index (κ2) is 7.90.